The van der Waals surface area contributed by atoms with E-state index in [0.29, 0.717) is 35.1 Å². The van der Waals surface area contributed by atoms with Crippen LogP contribution in [-0.2, 0) is 4.79 Å². The molecule has 8 nitrogen and oxygen atoms in total. The smallest absolute Gasteiger partial charge is 0.258 e. The second kappa shape index (κ2) is 9.69. The van der Waals surface area contributed by atoms with Crippen molar-refractivity contribution in [3.8, 4) is 17.0 Å². The minimum Gasteiger partial charge on any atom is -0.496 e. The first-order valence-corrected chi connectivity index (χ1v) is 12.8. The van der Waals surface area contributed by atoms with Crippen LogP contribution < -0.4 is 10.1 Å². The summed E-state index contributed by atoms with van der Waals surface area (Å²) in [5.41, 5.74) is 2.93. The summed E-state index contributed by atoms with van der Waals surface area (Å²) in [6, 6.07) is 16.3. The number of methoxy groups -OCH3 is 1. The number of hydrogen-bond donors (Lipinski definition) is 1. The third-order valence-electron chi connectivity index (χ3n) is 7.65. The Bertz CT molecular complexity index is 1410. The Morgan fingerprint density at radius 3 is 2.65 bits per heavy atom. The van der Waals surface area contributed by atoms with Gasteiger partial charge < -0.3 is 15.0 Å². The van der Waals surface area contributed by atoms with Gasteiger partial charge in [0.15, 0.2) is 0 Å². The third-order valence-corrected chi connectivity index (χ3v) is 7.65. The van der Waals surface area contributed by atoms with E-state index in [1.54, 1.807) is 25.4 Å². The molecule has 3 heterocycles. The van der Waals surface area contributed by atoms with Crippen molar-refractivity contribution in [2.24, 2.45) is 5.92 Å². The van der Waals surface area contributed by atoms with Crippen LogP contribution >= 0.6 is 0 Å². The Labute approximate surface area is 215 Å². The molecule has 1 aliphatic heterocycles. The van der Waals surface area contributed by atoms with E-state index in [4.69, 9.17) is 4.74 Å². The summed E-state index contributed by atoms with van der Waals surface area (Å²) in [5, 5.41) is 3.06. The second-order valence-electron chi connectivity index (χ2n) is 9.80. The number of amides is 2. The third kappa shape index (κ3) is 4.33. The number of para-hydroxylation sites is 1. The van der Waals surface area contributed by atoms with Gasteiger partial charge in [0.2, 0.25) is 11.7 Å². The standard InChI is InChI=1S/C29H29N5O3/c1-37-26-10-5-3-8-22(26)28(36)34-24-9-4-2-7-20(24)17-25(34)27(35)31-21-13-11-19(12-14-21)23-18-33-16-6-15-30-29(33)32-23/h3,5-6,8,10-16,18,20,24-25H,2,4,7,9,17H2,1H3,(H,31,35). The zero-order valence-corrected chi connectivity index (χ0v) is 20.7. The normalized spacial score (nSPS) is 21.0. The number of rotatable bonds is 5. The van der Waals surface area contributed by atoms with Crippen LogP contribution in [0, 0.1) is 5.92 Å². The first-order valence-electron chi connectivity index (χ1n) is 12.8. The van der Waals surface area contributed by atoms with Gasteiger partial charge in [-0.25, -0.2) is 9.97 Å². The maximum Gasteiger partial charge on any atom is 0.258 e. The molecule has 37 heavy (non-hydrogen) atoms. The van der Waals surface area contributed by atoms with Crippen molar-refractivity contribution in [1.82, 2.24) is 19.3 Å². The van der Waals surface area contributed by atoms with Crippen LogP contribution in [-0.4, -0.2) is 50.3 Å². The van der Waals surface area contributed by atoms with E-state index in [9.17, 15) is 9.59 Å². The van der Waals surface area contributed by atoms with Gasteiger partial charge in [0.1, 0.15) is 11.8 Å². The molecule has 0 spiro atoms. The minimum absolute atomic E-state index is 0.0768. The van der Waals surface area contributed by atoms with Gasteiger partial charge in [-0.3, -0.25) is 14.0 Å². The Balaban J connectivity index is 1.23. The maximum atomic E-state index is 13.8. The summed E-state index contributed by atoms with van der Waals surface area (Å²) in [7, 11) is 1.57. The molecule has 3 unspecified atom stereocenters. The van der Waals surface area contributed by atoms with Crippen molar-refractivity contribution in [2.75, 3.05) is 12.4 Å². The fourth-order valence-electron chi connectivity index (χ4n) is 5.87. The summed E-state index contributed by atoms with van der Waals surface area (Å²) >= 11 is 0. The van der Waals surface area contributed by atoms with Crippen LogP contribution in [0.3, 0.4) is 0 Å². The van der Waals surface area contributed by atoms with Crippen LogP contribution in [0.1, 0.15) is 42.5 Å². The summed E-state index contributed by atoms with van der Waals surface area (Å²) in [6.45, 7) is 0. The molecule has 0 bridgehead atoms. The Hall–Kier alpha value is -4.20. The number of imidazole rings is 1. The quantitative estimate of drug-likeness (QED) is 0.429. The first kappa shape index (κ1) is 23.2. The van der Waals surface area contributed by atoms with Crippen molar-refractivity contribution in [2.45, 2.75) is 44.2 Å². The summed E-state index contributed by atoms with van der Waals surface area (Å²) in [5.74, 6) is 1.22. The highest BCUT2D eigenvalue weighted by Crippen LogP contribution is 2.41. The molecule has 6 rings (SSSR count). The molecule has 1 aliphatic carbocycles. The summed E-state index contributed by atoms with van der Waals surface area (Å²) in [4.78, 5) is 38.0. The predicted molar refractivity (Wildman–Crippen MR) is 140 cm³/mol. The second-order valence-corrected chi connectivity index (χ2v) is 9.80. The number of likely N-dealkylation sites (tertiary alicyclic amines) is 1. The Kier molecular flexibility index (Phi) is 6.08. The maximum absolute atomic E-state index is 13.8. The van der Waals surface area contributed by atoms with Gasteiger partial charge in [0.25, 0.3) is 5.91 Å². The molecular weight excluding hydrogens is 466 g/mol. The lowest BCUT2D eigenvalue weighted by molar-refractivity contribution is -0.120. The van der Waals surface area contributed by atoms with Gasteiger partial charge in [-0.05, 0) is 55.5 Å². The molecule has 0 radical (unpaired) electrons. The first-order chi connectivity index (χ1) is 18.1. The van der Waals surface area contributed by atoms with Gasteiger partial charge in [-0.2, -0.15) is 0 Å². The molecular formula is C29H29N5O3. The molecule has 2 fully saturated rings. The molecule has 8 heteroatoms. The van der Waals surface area contributed by atoms with Crippen molar-refractivity contribution in [3.63, 3.8) is 0 Å². The van der Waals surface area contributed by atoms with E-state index in [-0.39, 0.29) is 17.9 Å². The van der Waals surface area contributed by atoms with Crippen LogP contribution in [0.2, 0.25) is 0 Å². The van der Waals surface area contributed by atoms with Crippen molar-refractivity contribution >= 4 is 23.3 Å². The van der Waals surface area contributed by atoms with E-state index in [2.05, 4.69) is 15.3 Å². The number of aromatic nitrogens is 3. The highest BCUT2D eigenvalue weighted by Gasteiger charge is 2.48. The van der Waals surface area contributed by atoms with Crippen LogP contribution in [0.25, 0.3) is 17.0 Å². The number of nitrogens with zero attached hydrogens (tertiary/aromatic N) is 4. The predicted octanol–water partition coefficient (Wildman–Crippen LogP) is 4.82. The largest absolute Gasteiger partial charge is 0.496 e. The number of nitrogens with one attached hydrogen (secondary N) is 1. The number of hydrogen-bond acceptors (Lipinski definition) is 5. The number of ether oxygens (including phenoxy) is 1. The summed E-state index contributed by atoms with van der Waals surface area (Å²) in [6.07, 6.45) is 10.4. The molecule has 188 valence electrons. The monoisotopic (exact) mass is 495 g/mol. The number of fused-ring (bicyclic) bond motifs is 2. The van der Waals surface area contributed by atoms with Gasteiger partial charge in [-0.1, -0.05) is 37.1 Å². The van der Waals surface area contributed by atoms with Crippen LogP contribution in [0.15, 0.2) is 73.2 Å². The average Bonchev–Trinajstić information content (AvgIpc) is 3.55. The van der Waals surface area contributed by atoms with Gasteiger partial charge in [0, 0.05) is 35.9 Å². The fraction of sp³-hybridized carbons (Fsp3) is 0.310. The number of carbonyl (C=O) groups excluding carboxylic acids is 2. The number of carbonyl (C=O) groups is 2. The topological polar surface area (TPSA) is 88.8 Å². The van der Waals surface area contributed by atoms with Crippen LogP contribution in [0.4, 0.5) is 5.69 Å². The number of anilines is 1. The lowest BCUT2D eigenvalue weighted by atomic mass is 9.84. The molecule has 1 saturated carbocycles. The van der Waals surface area contributed by atoms with E-state index < -0.39 is 6.04 Å². The Morgan fingerprint density at radius 1 is 1.03 bits per heavy atom. The SMILES string of the molecule is COc1ccccc1C(=O)N1C(C(=O)Nc2ccc(-c3cn4cccnc4n3)cc2)CC2CCCCC21. The fourth-order valence-corrected chi connectivity index (χ4v) is 5.87. The average molecular weight is 496 g/mol. The van der Waals surface area contributed by atoms with Gasteiger partial charge in [0.05, 0.1) is 18.4 Å². The highest BCUT2D eigenvalue weighted by atomic mass is 16.5. The molecule has 1 saturated heterocycles. The molecule has 3 atom stereocenters. The molecule has 2 aromatic heterocycles. The lowest BCUT2D eigenvalue weighted by Gasteiger charge is -2.34. The molecule has 2 aliphatic rings. The molecule has 4 aromatic rings. The van der Waals surface area contributed by atoms with E-state index >= 15 is 0 Å². The lowest BCUT2D eigenvalue weighted by Crippen LogP contribution is -2.47. The molecule has 1 N–H and O–H groups in total. The Morgan fingerprint density at radius 2 is 1.84 bits per heavy atom. The van der Waals surface area contributed by atoms with E-state index in [1.807, 2.05) is 64.2 Å². The van der Waals surface area contributed by atoms with E-state index in [0.717, 1.165) is 36.9 Å². The molecule has 2 amide bonds. The van der Waals surface area contributed by atoms with Gasteiger partial charge >= 0.3 is 0 Å². The number of benzene rings is 2. The zero-order valence-electron chi connectivity index (χ0n) is 20.7. The molecule has 2 aromatic carbocycles. The van der Waals surface area contributed by atoms with Crippen molar-refractivity contribution < 1.29 is 14.3 Å². The highest BCUT2D eigenvalue weighted by molar-refractivity contribution is 6.03. The zero-order chi connectivity index (χ0) is 25.4. The van der Waals surface area contributed by atoms with Crippen LogP contribution in [0.5, 0.6) is 5.75 Å². The summed E-state index contributed by atoms with van der Waals surface area (Å²) < 4.78 is 7.33. The van der Waals surface area contributed by atoms with Crippen molar-refractivity contribution in [3.05, 3.63) is 78.8 Å². The van der Waals surface area contributed by atoms with Gasteiger partial charge in [-0.15, -0.1) is 0 Å². The van der Waals surface area contributed by atoms with Crippen molar-refractivity contribution in [1.29, 1.82) is 0 Å². The van der Waals surface area contributed by atoms with E-state index in [1.165, 1.54) is 0 Å². The minimum atomic E-state index is -0.519.